The second kappa shape index (κ2) is 10.3. The number of fused-ring (bicyclic) bond motifs is 1. The van der Waals surface area contributed by atoms with E-state index in [-0.39, 0.29) is 5.69 Å². The van der Waals surface area contributed by atoms with E-state index in [4.69, 9.17) is 16.3 Å². The van der Waals surface area contributed by atoms with Gasteiger partial charge in [0.05, 0.1) is 17.8 Å². The number of aromatic nitrogens is 1. The van der Waals surface area contributed by atoms with Crippen LogP contribution in [0.5, 0.6) is 5.75 Å². The van der Waals surface area contributed by atoms with Gasteiger partial charge in [-0.25, -0.2) is 0 Å². The first-order valence-electron chi connectivity index (χ1n) is 11.2. The molecule has 3 aromatic carbocycles. The van der Waals surface area contributed by atoms with E-state index in [1.54, 1.807) is 35.9 Å². The normalized spacial score (nSPS) is 10.8. The summed E-state index contributed by atoms with van der Waals surface area (Å²) in [6.45, 7) is 0. The number of nitrogens with zero attached hydrogens (tertiary/aromatic N) is 1. The summed E-state index contributed by atoms with van der Waals surface area (Å²) in [6.07, 6.45) is 1.77. The Balaban J connectivity index is 1.50. The smallest absolute Gasteiger partial charge is 0.298 e. The molecule has 36 heavy (non-hydrogen) atoms. The maximum absolute atomic E-state index is 13.6. The Labute approximate surface area is 217 Å². The van der Waals surface area contributed by atoms with Crippen LogP contribution in [0.15, 0.2) is 113 Å². The number of pyridine rings is 1. The molecule has 0 atom stereocenters. The van der Waals surface area contributed by atoms with Crippen LogP contribution in [0.2, 0.25) is 5.02 Å². The second-order valence-corrected chi connectivity index (χ2v) is 9.47. The first-order valence-corrected chi connectivity index (χ1v) is 12.4. The van der Waals surface area contributed by atoms with Crippen molar-refractivity contribution in [3.8, 4) is 16.9 Å². The number of halogens is 1. The molecule has 0 aliphatic rings. The van der Waals surface area contributed by atoms with Crippen LogP contribution in [-0.2, 0) is 4.79 Å². The maximum Gasteiger partial charge on any atom is 0.298 e. The van der Waals surface area contributed by atoms with Crippen molar-refractivity contribution in [3.63, 3.8) is 0 Å². The van der Waals surface area contributed by atoms with Gasteiger partial charge in [-0.3, -0.25) is 9.59 Å². The van der Waals surface area contributed by atoms with E-state index in [9.17, 15) is 9.59 Å². The standard InChI is InChI=1S/C29H21ClN2O3S/c1-35-25-15-14-19(17-23(25)30)22-18-20-9-7-8-16-32(20)27(22)28(33)29(34)31-24-12-5-6-13-26(24)36-21-10-3-2-4-11-21/h2-18H,1H3,(H,31,34). The number of anilines is 1. The van der Waals surface area contributed by atoms with E-state index < -0.39 is 11.7 Å². The van der Waals surface area contributed by atoms with Crippen LogP contribution in [0.25, 0.3) is 16.6 Å². The highest BCUT2D eigenvalue weighted by atomic mass is 35.5. The van der Waals surface area contributed by atoms with Crippen molar-refractivity contribution in [2.45, 2.75) is 9.79 Å². The van der Waals surface area contributed by atoms with Crippen LogP contribution in [0.3, 0.4) is 0 Å². The molecule has 0 radical (unpaired) electrons. The zero-order chi connectivity index (χ0) is 25.1. The van der Waals surface area contributed by atoms with Crippen molar-refractivity contribution >= 4 is 46.3 Å². The first-order chi connectivity index (χ1) is 17.5. The maximum atomic E-state index is 13.6. The molecule has 5 rings (SSSR count). The summed E-state index contributed by atoms with van der Waals surface area (Å²) in [4.78, 5) is 28.7. The second-order valence-electron chi connectivity index (χ2n) is 7.95. The molecule has 2 aromatic heterocycles. The van der Waals surface area contributed by atoms with Crippen LogP contribution in [0, 0.1) is 0 Å². The Kier molecular flexibility index (Phi) is 6.80. The van der Waals surface area contributed by atoms with Gasteiger partial charge in [0, 0.05) is 27.1 Å². The number of para-hydroxylation sites is 1. The van der Waals surface area contributed by atoms with Gasteiger partial charge < -0.3 is 14.5 Å². The van der Waals surface area contributed by atoms with Crippen LogP contribution < -0.4 is 10.1 Å². The van der Waals surface area contributed by atoms with Gasteiger partial charge in [0.2, 0.25) is 0 Å². The summed E-state index contributed by atoms with van der Waals surface area (Å²) in [5, 5.41) is 3.24. The summed E-state index contributed by atoms with van der Waals surface area (Å²) in [6, 6.07) is 30.0. The minimum absolute atomic E-state index is 0.262. The van der Waals surface area contributed by atoms with Gasteiger partial charge in [0.15, 0.2) is 0 Å². The molecule has 0 saturated heterocycles. The summed E-state index contributed by atoms with van der Waals surface area (Å²) in [5.41, 5.74) is 2.94. The number of hydrogen-bond acceptors (Lipinski definition) is 4. The van der Waals surface area contributed by atoms with E-state index in [1.165, 1.54) is 11.8 Å². The molecule has 0 saturated carbocycles. The Morgan fingerprint density at radius 2 is 1.64 bits per heavy atom. The van der Waals surface area contributed by atoms with Crippen LogP contribution >= 0.6 is 23.4 Å². The van der Waals surface area contributed by atoms with Crippen LogP contribution in [-0.4, -0.2) is 23.2 Å². The predicted molar refractivity (Wildman–Crippen MR) is 144 cm³/mol. The minimum Gasteiger partial charge on any atom is -0.495 e. The average Bonchev–Trinajstić information content (AvgIpc) is 3.29. The van der Waals surface area contributed by atoms with Crippen molar-refractivity contribution in [2.75, 3.05) is 12.4 Å². The summed E-state index contributed by atoms with van der Waals surface area (Å²) >= 11 is 7.88. The van der Waals surface area contributed by atoms with Gasteiger partial charge in [-0.1, -0.05) is 65.8 Å². The van der Waals surface area contributed by atoms with Gasteiger partial charge >= 0.3 is 0 Å². The zero-order valence-corrected chi connectivity index (χ0v) is 20.8. The molecule has 0 bridgehead atoms. The van der Waals surface area contributed by atoms with Crippen molar-refractivity contribution in [2.24, 2.45) is 0 Å². The third-order valence-corrected chi connectivity index (χ3v) is 7.05. The lowest BCUT2D eigenvalue weighted by molar-refractivity contribution is -0.112. The van der Waals surface area contributed by atoms with Gasteiger partial charge in [-0.15, -0.1) is 0 Å². The molecular weight excluding hydrogens is 492 g/mol. The minimum atomic E-state index is -0.721. The summed E-state index contributed by atoms with van der Waals surface area (Å²) < 4.78 is 6.98. The summed E-state index contributed by atoms with van der Waals surface area (Å²) in [7, 11) is 1.54. The van der Waals surface area contributed by atoms with Crippen LogP contribution in [0.4, 0.5) is 5.69 Å². The third-order valence-electron chi connectivity index (χ3n) is 5.67. The Hall–Kier alpha value is -4.00. The van der Waals surface area contributed by atoms with Crippen molar-refractivity contribution in [1.29, 1.82) is 0 Å². The molecule has 1 amide bonds. The number of hydrogen-bond donors (Lipinski definition) is 1. The number of ketones is 1. The van der Waals surface area contributed by atoms with Crippen LogP contribution in [0.1, 0.15) is 10.5 Å². The van der Waals surface area contributed by atoms with Crippen molar-refractivity contribution < 1.29 is 14.3 Å². The van der Waals surface area contributed by atoms with Gasteiger partial charge in [-0.05, 0) is 60.2 Å². The van der Waals surface area contributed by atoms with Crippen molar-refractivity contribution in [1.82, 2.24) is 4.40 Å². The Morgan fingerprint density at radius 3 is 2.42 bits per heavy atom. The number of carbonyl (C=O) groups is 2. The zero-order valence-electron chi connectivity index (χ0n) is 19.3. The summed E-state index contributed by atoms with van der Waals surface area (Å²) in [5.74, 6) is -0.842. The number of rotatable bonds is 7. The number of ether oxygens (including phenoxy) is 1. The first kappa shape index (κ1) is 23.7. The molecule has 5 nitrogen and oxygen atoms in total. The molecule has 0 unspecified atom stereocenters. The van der Waals surface area contributed by atoms with E-state index >= 15 is 0 Å². The molecule has 0 fully saturated rings. The van der Waals surface area contributed by atoms with E-state index in [1.807, 2.05) is 78.9 Å². The molecule has 1 N–H and O–H groups in total. The molecule has 5 aromatic rings. The topological polar surface area (TPSA) is 59.8 Å². The highest BCUT2D eigenvalue weighted by molar-refractivity contribution is 7.99. The van der Waals surface area contributed by atoms with E-state index in [0.717, 1.165) is 15.3 Å². The van der Waals surface area contributed by atoms with E-state index in [0.29, 0.717) is 27.6 Å². The predicted octanol–water partition coefficient (Wildman–Crippen LogP) is 7.24. The van der Waals surface area contributed by atoms with E-state index in [2.05, 4.69) is 5.32 Å². The number of Topliss-reactive ketones (excluding diaryl/α,β-unsaturated/α-hetero) is 1. The lowest BCUT2D eigenvalue weighted by atomic mass is 10.0. The fraction of sp³-hybridized carbons (Fsp3) is 0.0345. The highest BCUT2D eigenvalue weighted by Crippen LogP contribution is 2.35. The molecule has 0 aliphatic heterocycles. The lowest BCUT2D eigenvalue weighted by Gasteiger charge is -2.12. The van der Waals surface area contributed by atoms with Gasteiger partial charge in [0.1, 0.15) is 11.4 Å². The van der Waals surface area contributed by atoms with Gasteiger partial charge in [-0.2, -0.15) is 0 Å². The largest absolute Gasteiger partial charge is 0.495 e. The average molecular weight is 513 g/mol. The third kappa shape index (κ3) is 4.73. The SMILES string of the molecule is COc1ccc(-c2cc3ccccn3c2C(=O)C(=O)Nc2ccccc2Sc2ccccc2)cc1Cl. The monoisotopic (exact) mass is 512 g/mol. The van der Waals surface area contributed by atoms with Crippen molar-refractivity contribution in [3.05, 3.63) is 114 Å². The number of benzene rings is 3. The Morgan fingerprint density at radius 1 is 0.889 bits per heavy atom. The quantitative estimate of drug-likeness (QED) is 0.184. The molecular formula is C29H21ClN2O3S. The molecule has 7 heteroatoms. The number of methoxy groups -OCH3 is 1. The van der Waals surface area contributed by atoms with Gasteiger partial charge in [0.25, 0.3) is 11.7 Å². The fourth-order valence-corrected chi connectivity index (χ4v) is 5.15. The highest BCUT2D eigenvalue weighted by Gasteiger charge is 2.26. The fourth-order valence-electron chi connectivity index (χ4n) is 3.97. The molecule has 178 valence electrons. The molecule has 0 spiro atoms. The Bertz CT molecular complexity index is 1580. The molecule has 2 heterocycles. The number of amides is 1. The number of carbonyl (C=O) groups excluding carboxylic acids is 2. The lowest BCUT2D eigenvalue weighted by Crippen LogP contribution is -2.25. The molecule has 0 aliphatic carbocycles. The number of nitrogens with one attached hydrogen (secondary N) is 1.